The molecule has 4 aromatic rings. The van der Waals surface area contributed by atoms with Gasteiger partial charge in [-0.15, -0.1) is 0 Å². The minimum absolute atomic E-state index is 0.181. The molecule has 0 saturated carbocycles. The van der Waals surface area contributed by atoms with Gasteiger partial charge < -0.3 is 9.88 Å². The van der Waals surface area contributed by atoms with E-state index < -0.39 is 9.84 Å². The molecule has 0 bridgehead atoms. The summed E-state index contributed by atoms with van der Waals surface area (Å²) in [4.78, 5) is 17.3. The number of para-hydroxylation sites is 2. The van der Waals surface area contributed by atoms with Gasteiger partial charge in [0.2, 0.25) is 0 Å². The Morgan fingerprint density at radius 3 is 2.21 bits per heavy atom. The second kappa shape index (κ2) is 7.18. The van der Waals surface area contributed by atoms with E-state index in [2.05, 4.69) is 10.3 Å². The quantitative estimate of drug-likeness (QED) is 0.558. The van der Waals surface area contributed by atoms with Gasteiger partial charge in [-0.2, -0.15) is 0 Å². The third-order valence-electron chi connectivity index (χ3n) is 4.73. The number of anilines is 1. The van der Waals surface area contributed by atoms with Crippen molar-refractivity contribution >= 4 is 32.5 Å². The highest BCUT2D eigenvalue weighted by Gasteiger charge is 2.12. The van der Waals surface area contributed by atoms with Crippen LogP contribution < -0.4 is 5.32 Å². The summed E-state index contributed by atoms with van der Waals surface area (Å²) in [7, 11) is -1.32. The van der Waals surface area contributed by atoms with E-state index >= 15 is 0 Å². The Labute approximate surface area is 168 Å². The predicted molar refractivity (Wildman–Crippen MR) is 114 cm³/mol. The molecule has 1 amide bonds. The Kier molecular flexibility index (Phi) is 4.68. The minimum atomic E-state index is -3.29. The first-order valence-electron chi connectivity index (χ1n) is 8.96. The molecule has 3 aromatic carbocycles. The molecule has 6 nitrogen and oxygen atoms in total. The third-order valence-corrected chi connectivity index (χ3v) is 5.86. The Morgan fingerprint density at radius 2 is 1.59 bits per heavy atom. The number of carbonyl (C=O) groups is 1. The van der Waals surface area contributed by atoms with Crippen molar-refractivity contribution in [3.63, 3.8) is 0 Å². The molecule has 7 heteroatoms. The monoisotopic (exact) mass is 405 g/mol. The average molecular weight is 405 g/mol. The molecule has 1 aromatic heterocycles. The molecule has 0 aliphatic carbocycles. The number of imidazole rings is 1. The fourth-order valence-corrected chi connectivity index (χ4v) is 3.79. The zero-order valence-corrected chi connectivity index (χ0v) is 16.8. The number of nitrogens with zero attached hydrogens (tertiary/aromatic N) is 2. The molecule has 0 aliphatic heterocycles. The molecule has 0 fully saturated rings. The largest absolute Gasteiger partial charge is 0.327 e. The summed E-state index contributed by atoms with van der Waals surface area (Å²) in [6.07, 6.45) is 1.13. The van der Waals surface area contributed by atoms with Crippen molar-refractivity contribution in [3.05, 3.63) is 78.4 Å². The van der Waals surface area contributed by atoms with Gasteiger partial charge in [-0.1, -0.05) is 12.1 Å². The van der Waals surface area contributed by atoms with E-state index in [9.17, 15) is 13.2 Å². The number of aryl methyl sites for hydroxylation is 1. The molecule has 1 heterocycles. The van der Waals surface area contributed by atoms with Crippen LogP contribution in [0.4, 0.5) is 5.69 Å². The predicted octanol–water partition coefficient (Wildman–Crippen LogP) is 3.90. The number of rotatable bonds is 4. The molecule has 4 rings (SSSR count). The fraction of sp³-hybridized carbons (Fsp3) is 0.0909. The fourth-order valence-electron chi connectivity index (χ4n) is 3.16. The van der Waals surface area contributed by atoms with Crippen LogP contribution in [0.15, 0.2) is 77.7 Å². The van der Waals surface area contributed by atoms with E-state index in [-0.39, 0.29) is 10.8 Å². The summed E-state index contributed by atoms with van der Waals surface area (Å²) in [5.74, 6) is 0.543. The van der Waals surface area contributed by atoms with Gasteiger partial charge >= 0.3 is 0 Å². The number of benzene rings is 3. The number of fused-ring (bicyclic) bond motifs is 1. The van der Waals surface area contributed by atoms with Crippen LogP contribution in [-0.2, 0) is 16.9 Å². The zero-order chi connectivity index (χ0) is 20.6. The Bertz CT molecular complexity index is 1310. The van der Waals surface area contributed by atoms with Crippen molar-refractivity contribution < 1.29 is 13.2 Å². The van der Waals surface area contributed by atoms with E-state index in [1.807, 2.05) is 60.1 Å². The van der Waals surface area contributed by atoms with E-state index in [1.165, 1.54) is 24.3 Å². The van der Waals surface area contributed by atoms with Gasteiger partial charge in [0.25, 0.3) is 5.91 Å². The number of aromatic nitrogens is 2. The minimum Gasteiger partial charge on any atom is -0.327 e. The molecular weight excluding hydrogens is 386 g/mol. The van der Waals surface area contributed by atoms with Crippen molar-refractivity contribution in [3.8, 4) is 11.4 Å². The highest BCUT2D eigenvalue weighted by atomic mass is 32.2. The Balaban J connectivity index is 1.53. The molecule has 0 aliphatic rings. The summed E-state index contributed by atoms with van der Waals surface area (Å²) in [5, 5.41) is 2.82. The topological polar surface area (TPSA) is 81.1 Å². The molecular formula is C22H19N3O3S. The summed E-state index contributed by atoms with van der Waals surface area (Å²) < 4.78 is 25.1. The normalized spacial score (nSPS) is 11.5. The van der Waals surface area contributed by atoms with Crippen molar-refractivity contribution in [2.24, 2.45) is 7.05 Å². The van der Waals surface area contributed by atoms with Crippen LogP contribution in [0, 0.1) is 0 Å². The van der Waals surface area contributed by atoms with Crippen LogP contribution in [0.2, 0.25) is 0 Å². The van der Waals surface area contributed by atoms with Crippen LogP contribution in [0.25, 0.3) is 22.4 Å². The lowest BCUT2D eigenvalue weighted by atomic mass is 10.1. The van der Waals surface area contributed by atoms with Gasteiger partial charge in [0.05, 0.1) is 15.9 Å². The average Bonchev–Trinajstić information content (AvgIpc) is 3.05. The first-order valence-corrected chi connectivity index (χ1v) is 10.9. The number of carbonyl (C=O) groups excluding carboxylic acids is 1. The van der Waals surface area contributed by atoms with Gasteiger partial charge in [-0.25, -0.2) is 13.4 Å². The van der Waals surface area contributed by atoms with Gasteiger partial charge in [-0.05, 0) is 60.7 Å². The lowest BCUT2D eigenvalue weighted by Gasteiger charge is -2.08. The highest BCUT2D eigenvalue weighted by Crippen LogP contribution is 2.25. The Morgan fingerprint density at radius 1 is 0.931 bits per heavy atom. The number of sulfone groups is 1. The van der Waals surface area contributed by atoms with Crippen molar-refractivity contribution in [1.82, 2.24) is 9.55 Å². The summed E-state index contributed by atoms with van der Waals surface area (Å²) in [6.45, 7) is 0. The van der Waals surface area contributed by atoms with Gasteiger partial charge in [0.1, 0.15) is 5.82 Å². The summed E-state index contributed by atoms with van der Waals surface area (Å²) in [6, 6.07) is 21.2. The molecule has 146 valence electrons. The smallest absolute Gasteiger partial charge is 0.255 e. The molecule has 0 spiro atoms. The molecule has 0 saturated heterocycles. The molecule has 29 heavy (non-hydrogen) atoms. The maximum Gasteiger partial charge on any atom is 0.255 e. The standard InChI is InChI=1S/C22H19N3O3S/c1-25-20-6-4-3-5-19(20)24-21(25)15-7-11-17(12-8-15)23-22(26)16-9-13-18(14-10-16)29(2,27)28/h3-14H,1-2H3,(H,23,26). The number of nitrogens with one attached hydrogen (secondary N) is 1. The van der Waals surface area contributed by atoms with Crippen LogP contribution in [0.1, 0.15) is 10.4 Å². The second-order valence-electron chi connectivity index (χ2n) is 6.81. The highest BCUT2D eigenvalue weighted by molar-refractivity contribution is 7.90. The maximum absolute atomic E-state index is 12.4. The van der Waals surface area contributed by atoms with E-state index in [0.29, 0.717) is 11.3 Å². The molecule has 0 radical (unpaired) electrons. The summed E-state index contributed by atoms with van der Waals surface area (Å²) in [5.41, 5.74) is 3.96. The van der Waals surface area contributed by atoms with E-state index in [0.717, 1.165) is 28.7 Å². The van der Waals surface area contributed by atoms with Crippen LogP contribution in [-0.4, -0.2) is 30.1 Å². The van der Waals surface area contributed by atoms with E-state index in [1.54, 1.807) is 0 Å². The zero-order valence-electron chi connectivity index (χ0n) is 16.0. The first-order chi connectivity index (χ1) is 13.8. The summed E-state index contributed by atoms with van der Waals surface area (Å²) >= 11 is 0. The molecule has 0 atom stereocenters. The van der Waals surface area contributed by atoms with Crippen LogP contribution >= 0.6 is 0 Å². The molecule has 1 N–H and O–H groups in total. The Hall–Kier alpha value is -3.45. The van der Waals surface area contributed by atoms with Gasteiger partial charge in [-0.3, -0.25) is 4.79 Å². The second-order valence-corrected chi connectivity index (χ2v) is 8.83. The van der Waals surface area contributed by atoms with Crippen molar-refractivity contribution in [1.29, 1.82) is 0 Å². The van der Waals surface area contributed by atoms with Crippen molar-refractivity contribution in [2.45, 2.75) is 4.90 Å². The lowest BCUT2D eigenvalue weighted by Crippen LogP contribution is -2.12. The number of hydrogen-bond donors (Lipinski definition) is 1. The van der Waals surface area contributed by atoms with E-state index in [4.69, 9.17) is 0 Å². The van der Waals surface area contributed by atoms with Gasteiger partial charge in [0.15, 0.2) is 9.84 Å². The van der Waals surface area contributed by atoms with Crippen LogP contribution in [0.3, 0.4) is 0 Å². The van der Waals surface area contributed by atoms with Crippen molar-refractivity contribution in [2.75, 3.05) is 11.6 Å². The SMILES string of the molecule is Cn1c(-c2ccc(NC(=O)c3ccc(S(C)(=O)=O)cc3)cc2)nc2ccccc21. The van der Waals surface area contributed by atoms with Gasteiger partial charge in [0, 0.05) is 30.1 Å². The van der Waals surface area contributed by atoms with Crippen LogP contribution in [0.5, 0.6) is 0 Å². The maximum atomic E-state index is 12.4. The number of hydrogen-bond acceptors (Lipinski definition) is 4. The number of amides is 1. The third kappa shape index (κ3) is 3.77. The lowest BCUT2D eigenvalue weighted by molar-refractivity contribution is 0.102. The first kappa shape index (κ1) is 18.9. The molecule has 0 unspecified atom stereocenters.